The predicted octanol–water partition coefficient (Wildman–Crippen LogP) is 11.0. The van der Waals surface area contributed by atoms with Crippen LogP contribution in [0.2, 0.25) is 0 Å². The van der Waals surface area contributed by atoms with Gasteiger partial charge in [0, 0.05) is 42.6 Å². The average molecular weight is 1000 g/mol. The van der Waals surface area contributed by atoms with Gasteiger partial charge in [0.2, 0.25) is 0 Å². The summed E-state index contributed by atoms with van der Waals surface area (Å²) >= 11 is 0. The number of nitrogens with one attached hydrogen (secondary N) is 3. The lowest BCUT2D eigenvalue weighted by Crippen LogP contribution is -2.50. The zero-order chi connectivity index (χ0) is 53.0. The number of hydrogen-bond donors (Lipinski definition) is 5. The summed E-state index contributed by atoms with van der Waals surface area (Å²) in [6.07, 6.45) is 2.45. The van der Waals surface area contributed by atoms with Crippen LogP contribution in [0.5, 0.6) is 11.5 Å². The van der Waals surface area contributed by atoms with E-state index in [1.807, 2.05) is 32.9 Å². The average Bonchev–Trinajstić information content (AvgIpc) is 4.10. The van der Waals surface area contributed by atoms with Gasteiger partial charge in [-0.15, -0.1) is 0 Å². The van der Waals surface area contributed by atoms with Gasteiger partial charge in [0.05, 0.1) is 38.0 Å². The molecule has 2 amide bonds. The lowest BCUT2D eigenvalue weighted by atomic mass is 9.86. The van der Waals surface area contributed by atoms with E-state index in [1.54, 1.807) is 39.0 Å². The van der Waals surface area contributed by atoms with E-state index >= 15 is 0 Å². The highest BCUT2D eigenvalue weighted by Gasteiger charge is 2.35. The van der Waals surface area contributed by atoms with E-state index < -0.39 is 35.5 Å². The number of fused-ring (bicyclic) bond motifs is 2. The molecule has 0 aliphatic carbocycles. The minimum atomic E-state index is -0.926. The molecule has 14 heteroatoms. The molecule has 6 N–H and O–H groups in total. The third-order valence-electron chi connectivity index (χ3n) is 11.7. The maximum absolute atomic E-state index is 13.8. The Balaban J connectivity index is 0.000000223. The van der Waals surface area contributed by atoms with Crippen LogP contribution >= 0.6 is 0 Å². The second-order valence-electron chi connectivity index (χ2n) is 23.7. The molecule has 1 fully saturated rings. The van der Waals surface area contributed by atoms with E-state index in [0.717, 1.165) is 54.9 Å². The van der Waals surface area contributed by atoms with Crippen molar-refractivity contribution in [3.8, 4) is 11.5 Å². The van der Waals surface area contributed by atoms with Gasteiger partial charge in [-0.25, -0.2) is 18.4 Å². The highest BCUT2D eigenvalue weighted by Crippen LogP contribution is 2.35. The lowest BCUT2D eigenvalue weighted by molar-refractivity contribution is 0.0417. The number of benzene rings is 4. The smallest absolute Gasteiger partial charge is 0.407 e. The molecule has 7 rings (SSSR count). The molecule has 3 heterocycles. The number of ether oxygens (including phenoxy) is 5. The van der Waals surface area contributed by atoms with Crippen molar-refractivity contribution >= 4 is 12.2 Å². The number of alkyl carbamates (subject to hydrolysis) is 2. The van der Waals surface area contributed by atoms with Crippen LogP contribution in [0.1, 0.15) is 141 Å². The Hall–Kier alpha value is -5.28. The fourth-order valence-electron chi connectivity index (χ4n) is 8.58. The zero-order valence-electron chi connectivity index (χ0n) is 44.8. The third-order valence-corrected chi connectivity index (χ3v) is 11.7. The Labute approximate surface area is 427 Å². The summed E-state index contributed by atoms with van der Waals surface area (Å²) in [5, 5.41) is 20.2. The number of nitrogens with two attached hydrogens (primary N) is 1. The minimum absolute atomic E-state index is 0.0136. The third kappa shape index (κ3) is 20.7. The molecule has 1 saturated heterocycles. The Morgan fingerprint density at radius 3 is 1.65 bits per heavy atom. The van der Waals surface area contributed by atoms with Gasteiger partial charge in [0.1, 0.15) is 40.4 Å². The Kier molecular flexibility index (Phi) is 20.1. The van der Waals surface area contributed by atoms with Crippen LogP contribution in [0.25, 0.3) is 0 Å². The van der Waals surface area contributed by atoms with Crippen LogP contribution in [-0.4, -0.2) is 79.2 Å². The van der Waals surface area contributed by atoms with Gasteiger partial charge in [0.25, 0.3) is 0 Å². The number of rotatable bonds is 13. The van der Waals surface area contributed by atoms with Gasteiger partial charge in [-0.3, -0.25) is 0 Å². The topological polar surface area (TPSA) is 166 Å². The maximum atomic E-state index is 13.8. The first-order valence-electron chi connectivity index (χ1n) is 25.4. The number of epoxide rings is 1. The first kappa shape index (κ1) is 57.6. The highest BCUT2D eigenvalue weighted by molar-refractivity contribution is 5.68. The quantitative estimate of drug-likeness (QED) is 0.0814. The van der Waals surface area contributed by atoms with E-state index in [2.05, 4.69) is 87.8 Å². The molecule has 4 aromatic rings. The Bertz CT molecular complexity index is 2380. The fourth-order valence-corrected chi connectivity index (χ4v) is 8.58. The maximum Gasteiger partial charge on any atom is 0.407 e. The molecular weight excluding hydrogens is 919 g/mol. The molecule has 4 unspecified atom stereocenters. The summed E-state index contributed by atoms with van der Waals surface area (Å²) in [7, 11) is 0. The number of aliphatic hydroxyl groups excluding tert-OH is 1. The van der Waals surface area contributed by atoms with Crippen molar-refractivity contribution in [1.82, 2.24) is 16.0 Å². The lowest BCUT2D eigenvalue weighted by Gasteiger charge is -2.31. The van der Waals surface area contributed by atoms with Gasteiger partial charge in [0.15, 0.2) is 0 Å². The van der Waals surface area contributed by atoms with Crippen molar-refractivity contribution in [3.05, 3.63) is 130 Å². The summed E-state index contributed by atoms with van der Waals surface area (Å²) in [6, 6.07) is 24.6. The number of carbonyl (C=O) groups is 2. The Morgan fingerprint density at radius 2 is 1.15 bits per heavy atom. The SMILES string of the molecule is CC(C)(C)Cc1ccc2c(c1)C(NC[C@@H](O)C(Cc1cccc(F)c1)NC(=O)OC(C)(C)C)CCO2.CC(C)(C)Cc1ccc2c(c1)[C@@H](N)CCO2.CC(C)(C)OC(=O)NC(Cc1cccc(F)c1)C1CO1. The van der Waals surface area contributed by atoms with Crippen molar-refractivity contribution < 1.29 is 47.2 Å². The van der Waals surface area contributed by atoms with Crippen LogP contribution in [0, 0.1) is 22.5 Å². The van der Waals surface area contributed by atoms with Gasteiger partial charge in [-0.05, 0) is 137 Å². The molecular formula is C58H82F2N4O8. The van der Waals surface area contributed by atoms with Crippen molar-refractivity contribution in [2.45, 2.75) is 169 Å². The predicted molar refractivity (Wildman–Crippen MR) is 279 cm³/mol. The van der Waals surface area contributed by atoms with Crippen LogP contribution in [0.4, 0.5) is 18.4 Å². The fraction of sp³-hybridized carbons (Fsp3) is 0.552. The summed E-state index contributed by atoms with van der Waals surface area (Å²) in [5.41, 5.74) is 11.7. The van der Waals surface area contributed by atoms with Gasteiger partial charge >= 0.3 is 12.2 Å². The number of amides is 2. The van der Waals surface area contributed by atoms with Gasteiger partial charge < -0.3 is 50.5 Å². The summed E-state index contributed by atoms with van der Waals surface area (Å²) in [4.78, 5) is 24.3. The van der Waals surface area contributed by atoms with Crippen LogP contribution in [0.15, 0.2) is 84.9 Å². The number of hydrogen-bond acceptors (Lipinski definition) is 10. The minimum Gasteiger partial charge on any atom is -0.493 e. The Morgan fingerprint density at radius 1 is 0.667 bits per heavy atom. The van der Waals surface area contributed by atoms with E-state index in [9.17, 15) is 23.5 Å². The van der Waals surface area contributed by atoms with E-state index in [-0.39, 0.29) is 54.2 Å². The van der Waals surface area contributed by atoms with E-state index in [0.29, 0.717) is 30.6 Å². The largest absolute Gasteiger partial charge is 0.493 e. The summed E-state index contributed by atoms with van der Waals surface area (Å²) < 4.78 is 54.3. The molecule has 0 saturated carbocycles. The first-order chi connectivity index (χ1) is 33.6. The second kappa shape index (κ2) is 25.1. The normalized spacial score (nSPS) is 18.6. The monoisotopic (exact) mass is 1000 g/mol. The van der Waals surface area contributed by atoms with Gasteiger partial charge in [-0.1, -0.05) is 90.1 Å². The molecule has 3 aliphatic rings. The van der Waals surface area contributed by atoms with Crippen LogP contribution < -0.4 is 31.2 Å². The van der Waals surface area contributed by atoms with Crippen LogP contribution in [0.3, 0.4) is 0 Å². The molecule has 4 aromatic carbocycles. The molecule has 0 radical (unpaired) electrons. The number of halogens is 2. The second-order valence-corrected chi connectivity index (χ2v) is 23.7. The summed E-state index contributed by atoms with van der Waals surface area (Å²) in [5.74, 6) is 1.18. The van der Waals surface area contributed by atoms with E-state index in [1.165, 1.54) is 41.0 Å². The highest BCUT2D eigenvalue weighted by atomic mass is 19.1. The molecule has 72 heavy (non-hydrogen) atoms. The first-order valence-corrected chi connectivity index (χ1v) is 25.4. The number of aliphatic hydroxyl groups is 1. The summed E-state index contributed by atoms with van der Waals surface area (Å²) in [6.45, 7) is 26.3. The van der Waals surface area contributed by atoms with Crippen molar-refractivity contribution in [3.63, 3.8) is 0 Å². The molecule has 0 aromatic heterocycles. The molecule has 0 bridgehead atoms. The molecule has 0 spiro atoms. The van der Waals surface area contributed by atoms with Crippen molar-refractivity contribution in [2.75, 3.05) is 26.4 Å². The number of carbonyl (C=O) groups excluding carboxylic acids is 2. The van der Waals surface area contributed by atoms with Crippen LogP contribution in [-0.2, 0) is 39.9 Å². The van der Waals surface area contributed by atoms with Crippen molar-refractivity contribution in [1.29, 1.82) is 0 Å². The molecule has 6 atom stereocenters. The van der Waals surface area contributed by atoms with Crippen molar-refractivity contribution in [2.24, 2.45) is 16.6 Å². The standard InChI is InChI=1S/C29H41FN2O4.C15H20FNO3.C14H21NO/c1-28(2,3)17-20-10-11-26-22(15-20)23(12-13-35-26)31-18-25(33)24(32-27(34)36-29(4,5)6)16-19-8-7-9-21(30)14-19;1-15(2,3)20-14(18)17-12(13-9-19-13)8-10-5-4-6-11(16)7-10;1-14(2,3)9-10-4-5-13-11(8-10)12(15)6-7-16-13/h7-11,14-15,23-25,31,33H,12-13,16-18H2,1-6H3,(H,32,34);4-7,12-13H,8-9H2,1-3H3,(H,17,18);4-5,8,12H,6-7,9,15H2,1-3H3/t23?,24?,25-;;12-/m1.0/s1. The van der Waals surface area contributed by atoms with E-state index in [4.69, 9.17) is 29.4 Å². The zero-order valence-corrected chi connectivity index (χ0v) is 44.8. The molecule has 3 aliphatic heterocycles. The molecule has 396 valence electrons. The van der Waals surface area contributed by atoms with Gasteiger partial charge in [-0.2, -0.15) is 0 Å². The molecule has 12 nitrogen and oxygen atoms in total.